The standard InChI is InChI=1S/C8H16F2N2/c1-6(2)12-4-3-11-7(5-12)8(9)10/h6-8,11H,3-5H2,1-2H3/t7-/m1/s1. The third kappa shape index (κ3) is 2.38. The Morgan fingerprint density at radius 3 is 2.58 bits per heavy atom. The van der Waals surface area contributed by atoms with E-state index >= 15 is 0 Å². The first-order valence-corrected chi connectivity index (χ1v) is 4.37. The van der Waals surface area contributed by atoms with Crippen LogP contribution in [0.15, 0.2) is 0 Å². The van der Waals surface area contributed by atoms with Crippen LogP contribution in [0.3, 0.4) is 0 Å². The van der Waals surface area contributed by atoms with Crippen molar-refractivity contribution in [2.24, 2.45) is 0 Å². The highest BCUT2D eigenvalue weighted by molar-refractivity contribution is 4.81. The van der Waals surface area contributed by atoms with Gasteiger partial charge in [-0.1, -0.05) is 0 Å². The highest BCUT2D eigenvalue weighted by Crippen LogP contribution is 2.09. The third-order valence-electron chi connectivity index (χ3n) is 2.27. The summed E-state index contributed by atoms with van der Waals surface area (Å²) in [5.41, 5.74) is 0. The van der Waals surface area contributed by atoms with Crippen LogP contribution in [-0.4, -0.2) is 43.0 Å². The van der Waals surface area contributed by atoms with Gasteiger partial charge in [-0.3, -0.25) is 4.90 Å². The second-order valence-electron chi connectivity index (χ2n) is 3.48. The fraction of sp³-hybridized carbons (Fsp3) is 1.00. The van der Waals surface area contributed by atoms with E-state index in [9.17, 15) is 8.78 Å². The Bertz CT molecular complexity index is 125. The molecule has 0 spiro atoms. The molecule has 1 N–H and O–H groups in total. The molecule has 0 amide bonds. The Kier molecular flexibility index (Phi) is 3.40. The second-order valence-corrected chi connectivity index (χ2v) is 3.48. The van der Waals surface area contributed by atoms with Gasteiger partial charge in [0.05, 0.1) is 6.04 Å². The van der Waals surface area contributed by atoms with Crippen LogP contribution in [0.4, 0.5) is 8.78 Å². The zero-order chi connectivity index (χ0) is 9.14. The molecule has 12 heavy (non-hydrogen) atoms. The van der Waals surface area contributed by atoms with Crippen molar-refractivity contribution >= 4 is 0 Å². The van der Waals surface area contributed by atoms with Crippen molar-refractivity contribution in [1.82, 2.24) is 10.2 Å². The van der Waals surface area contributed by atoms with E-state index in [-0.39, 0.29) is 0 Å². The molecule has 72 valence electrons. The quantitative estimate of drug-likeness (QED) is 0.676. The van der Waals surface area contributed by atoms with Gasteiger partial charge in [0.25, 0.3) is 6.43 Å². The molecule has 1 heterocycles. The average Bonchev–Trinajstić information content (AvgIpc) is 2.04. The molecule has 0 aromatic heterocycles. The van der Waals surface area contributed by atoms with Gasteiger partial charge in [-0.2, -0.15) is 0 Å². The van der Waals surface area contributed by atoms with Crippen LogP contribution in [-0.2, 0) is 0 Å². The Hall–Kier alpha value is -0.220. The van der Waals surface area contributed by atoms with Gasteiger partial charge in [0, 0.05) is 25.7 Å². The maximum Gasteiger partial charge on any atom is 0.254 e. The first-order valence-electron chi connectivity index (χ1n) is 4.37. The Morgan fingerprint density at radius 2 is 2.08 bits per heavy atom. The maximum atomic E-state index is 12.3. The topological polar surface area (TPSA) is 15.3 Å². The molecule has 0 aliphatic carbocycles. The number of hydrogen-bond acceptors (Lipinski definition) is 2. The summed E-state index contributed by atoms with van der Waals surface area (Å²) < 4.78 is 24.5. The minimum atomic E-state index is -2.24. The van der Waals surface area contributed by atoms with Gasteiger partial charge in [-0.15, -0.1) is 0 Å². The van der Waals surface area contributed by atoms with Crippen molar-refractivity contribution in [3.63, 3.8) is 0 Å². The van der Waals surface area contributed by atoms with Crippen molar-refractivity contribution < 1.29 is 8.78 Å². The summed E-state index contributed by atoms with van der Waals surface area (Å²) in [6.45, 7) is 6.09. The van der Waals surface area contributed by atoms with Gasteiger partial charge in [0.15, 0.2) is 0 Å². The smallest absolute Gasteiger partial charge is 0.254 e. The summed E-state index contributed by atoms with van der Waals surface area (Å²) in [7, 11) is 0. The van der Waals surface area contributed by atoms with Crippen LogP contribution in [0.2, 0.25) is 0 Å². The summed E-state index contributed by atoms with van der Waals surface area (Å²) >= 11 is 0. The first-order chi connectivity index (χ1) is 5.61. The van der Waals surface area contributed by atoms with Crippen molar-refractivity contribution in [2.45, 2.75) is 32.4 Å². The Balaban J connectivity index is 2.40. The van der Waals surface area contributed by atoms with E-state index in [2.05, 4.69) is 10.2 Å². The van der Waals surface area contributed by atoms with Crippen molar-refractivity contribution in [3.05, 3.63) is 0 Å². The van der Waals surface area contributed by atoms with E-state index in [1.807, 2.05) is 13.8 Å². The van der Waals surface area contributed by atoms with E-state index in [0.717, 1.165) is 6.54 Å². The largest absolute Gasteiger partial charge is 0.307 e. The number of nitrogens with zero attached hydrogens (tertiary/aromatic N) is 1. The van der Waals surface area contributed by atoms with Gasteiger partial charge in [0.1, 0.15) is 0 Å². The Labute approximate surface area is 71.9 Å². The molecule has 1 fully saturated rings. The van der Waals surface area contributed by atoms with Crippen molar-refractivity contribution in [1.29, 1.82) is 0 Å². The van der Waals surface area contributed by atoms with Crippen LogP contribution < -0.4 is 5.32 Å². The molecule has 1 atom stereocenters. The summed E-state index contributed by atoms with van der Waals surface area (Å²) in [5.74, 6) is 0. The normalized spacial score (nSPS) is 27.0. The second kappa shape index (κ2) is 4.14. The zero-order valence-corrected chi connectivity index (χ0v) is 7.56. The summed E-state index contributed by atoms with van der Waals surface area (Å²) in [5, 5.41) is 2.81. The number of nitrogens with one attached hydrogen (secondary N) is 1. The molecular formula is C8H16F2N2. The minimum absolute atomic E-state index is 0.369. The van der Waals surface area contributed by atoms with Crippen LogP contribution in [0, 0.1) is 0 Å². The van der Waals surface area contributed by atoms with Gasteiger partial charge in [-0.25, -0.2) is 8.78 Å². The molecule has 0 bridgehead atoms. The zero-order valence-electron chi connectivity index (χ0n) is 7.56. The summed E-state index contributed by atoms with van der Waals surface area (Å²) in [6, 6.07) is -0.269. The summed E-state index contributed by atoms with van der Waals surface area (Å²) in [6.07, 6.45) is -2.24. The van der Waals surface area contributed by atoms with Crippen LogP contribution in [0.25, 0.3) is 0 Å². The number of alkyl halides is 2. The van der Waals surface area contributed by atoms with Gasteiger partial charge >= 0.3 is 0 Å². The molecule has 4 heteroatoms. The van der Waals surface area contributed by atoms with E-state index < -0.39 is 12.5 Å². The third-order valence-corrected chi connectivity index (χ3v) is 2.27. The number of rotatable bonds is 2. The van der Waals surface area contributed by atoms with E-state index in [0.29, 0.717) is 19.1 Å². The lowest BCUT2D eigenvalue weighted by atomic mass is 10.2. The predicted molar refractivity (Wildman–Crippen MR) is 44.5 cm³/mol. The molecule has 2 nitrogen and oxygen atoms in total. The first kappa shape index (κ1) is 9.86. The molecule has 0 aromatic rings. The van der Waals surface area contributed by atoms with Crippen LogP contribution in [0.5, 0.6) is 0 Å². The molecule has 1 aliphatic rings. The van der Waals surface area contributed by atoms with Crippen molar-refractivity contribution in [3.8, 4) is 0 Å². The SMILES string of the molecule is CC(C)N1CCN[C@@H](C(F)F)C1. The van der Waals surface area contributed by atoms with E-state index in [1.165, 1.54) is 0 Å². The van der Waals surface area contributed by atoms with Crippen molar-refractivity contribution in [2.75, 3.05) is 19.6 Å². The minimum Gasteiger partial charge on any atom is -0.307 e. The molecule has 0 unspecified atom stereocenters. The lowest BCUT2D eigenvalue weighted by Gasteiger charge is -2.35. The van der Waals surface area contributed by atoms with Crippen LogP contribution in [0.1, 0.15) is 13.8 Å². The fourth-order valence-corrected chi connectivity index (χ4v) is 1.44. The summed E-state index contributed by atoms with van der Waals surface area (Å²) in [4.78, 5) is 2.08. The number of piperazine rings is 1. The highest BCUT2D eigenvalue weighted by Gasteiger charge is 2.27. The van der Waals surface area contributed by atoms with Gasteiger partial charge in [-0.05, 0) is 13.8 Å². The van der Waals surface area contributed by atoms with Crippen LogP contribution >= 0.6 is 0 Å². The lowest BCUT2D eigenvalue weighted by Crippen LogP contribution is -2.55. The molecule has 0 radical (unpaired) electrons. The lowest BCUT2D eigenvalue weighted by molar-refractivity contribution is 0.0474. The monoisotopic (exact) mass is 178 g/mol. The molecule has 1 saturated heterocycles. The molecule has 0 aromatic carbocycles. The van der Waals surface area contributed by atoms with Gasteiger partial charge < -0.3 is 5.32 Å². The molecule has 1 rings (SSSR count). The average molecular weight is 178 g/mol. The van der Waals surface area contributed by atoms with Gasteiger partial charge in [0.2, 0.25) is 0 Å². The predicted octanol–water partition coefficient (Wildman–Crippen LogP) is 0.934. The number of hydrogen-bond donors (Lipinski definition) is 1. The molecular weight excluding hydrogens is 162 g/mol. The van der Waals surface area contributed by atoms with E-state index in [1.54, 1.807) is 0 Å². The maximum absolute atomic E-state index is 12.3. The molecule has 0 saturated carbocycles. The number of halogens is 2. The highest BCUT2D eigenvalue weighted by atomic mass is 19.3. The molecule has 1 aliphatic heterocycles. The Morgan fingerprint density at radius 1 is 1.42 bits per heavy atom. The fourth-order valence-electron chi connectivity index (χ4n) is 1.44. The van der Waals surface area contributed by atoms with E-state index in [4.69, 9.17) is 0 Å².